The zero-order chi connectivity index (χ0) is 12.7. The largest absolute Gasteiger partial charge is 0.312 e. The highest BCUT2D eigenvalue weighted by Crippen LogP contribution is 2.04. The summed E-state index contributed by atoms with van der Waals surface area (Å²) in [5.74, 6) is 0. The van der Waals surface area contributed by atoms with E-state index in [0.29, 0.717) is 0 Å². The zero-order valence-corrected chi connectivity index (χ0v) is 11.6. The van der Waals surface area contributed by atoms with Crippen molar-refractivity contribution >= 4 is 0 Å². The minimum Gasteiger partial charge on any atom is -0.312 e. The van der Waals surface area contributed by atoms with Gasteiger partial charge in [-0.2, -0.15) is 0 Å². The Kier molecular flexibility index (Phi) is 5.43. The van der Waals surface area contributed by atoms with Crippen LogP contribution in [-0.2, 0) is 6.42 Å². The number of aryl methyl sites for hydroxylation is 1. The van der Waals surface area contributed by atoms with Crippen molar-refractivity contribution in [3.05, 3.63) is 47.5 Å². The van der Waals surface area contributed by atoms with E-state index in [0.717, 1.165) is 19.4 Å². The van der Waals surface area contributed by atoms with Gasteiger partial charge in [0.2, 0.25) is 0 Å². The molecule has 0 atom stereocenters. The van der Waals surface area contributed by atoms with Gasteiger partial charge in [0, 0.05) is 5.54 Å². The predicted octanol–water partition coefficient (Wildman–Crippen LogP) is 3.87. The van der Waals surface area contributed by atoms with Gasteiger partial charge in [-0.25, -0.2) is 0 Å². The van der Waals surface area contributed by atoms with Crippen molar-refractivity contribution < 1.29 is 0 Å². The molecule has 1 nitrogen and oxygen atoms in total. The zero-order valence-electron chi connectivity index (χ0n) is 11.6. The molecule has 0 bridgehead atoms. The van der Waals surface area contributed by atoms with Gasteiger partial charge in [0.15, 0.2) is 0 Å². The fourth-order valence-corrected chi connectivity index (χ4v) is 1.59. The highest BCUT2D eigenvalue weighted by Gasteiger charge is 2.05. The fraction of sp³-hybridized carbons (Fsp3) is 0.500. The number of hydrogen-bond acceptors (Lipinski definition) is 1. The first-order valence-electron chi connectivity index (χ1n) is 6.43. The molecule has 0 heterocycles. The van der Waals surface area contributed by atoms with E-state index < -0.39 is 0 Å². The van der Waals surface area contributed by atoms with Crippen LogP contribution in [0.5, 0.6) is 0 Å². The average molecular weight is 231 g/mol. The number of rotatable bonds is 5. The van der Waals surface area contributed by atoms with E-state index >= 15 is 0 Å². The Morgan fingerprint density at radius 2 is 1.71 bits per heavy atom. The van der Waals surface area contributed by atoms with Crippen LogP contribution in [0.2, 0.25) is 0 Å². The Balaban J connectivity index is 2.20. The Labute approximate surface area is 106 Å². The first kappa shape index (κ1) is 14.0. The number of hydrogen-bond donors (Lipinski definition) is 1. The van der Waals surface area contributed by atoms with Gasteiger partial charge in [-0.1, -0.05) is 42.0 Å². The summed E-state index contributed by atoms with van der Waals surface area (Å²) in [6.45, 7) is 9.76. The van der Waals surface area contributed by atoms with E-state index in [1.54, 1.807) is 0 Å². The van der Waals surface area contributed by atoms with Crippen LogP contribution >= 0.6 is 0 Å². The summed E-state index contributed by atoms with van der Waals surface area (Å²) in [4.78, 5) is 0. The van der Waals surface area contributed by atoms with Crippen molar-refractivity contribution in [3.8, 4) is 0 Å². The van der Waals surface area contributed by atoms with Crippen LogP contribution < -0.4 is 5.32 Å². The van der Waals surface area contributed by atoms with E-state index in [1.807, 2.05) is 0 Å². The van der Waals surface area contributed by atoms with Gasteiger partial charge in [0.05, 0.1) is 0 Å². The molecule has 0 spiro atoms. The van der Waals surface area contributed by atoms with E-state index in [1.165, 1.54) is 11.1 Å². The first-order valence-corrected chi connectivity index (χ1v) is 6.43. The summed E-state index contributed by atoms with van der Waals surface area (Å²) >= 11 is 0. The molecule has 0 aliphatic rings. The summed E-state index contributed by atoms with van der Waals surface area (Å²) in [6, 6.07) is 8.74. The van der Waals surface area contributed by atoms with Gasteiger partial charge >= 0.3 is 0 Å². The number of benzene rings is 1. The lowest BCUT2D eigenvalue weighted by Gasteiger charge is -2.19. The maximum atomic E-state index is 3.48. The van der Waals surface area contributed by atoms with E-state index in [4.69, 9.17) is 0 Å². The van der Waals surface area contributed by atoms with Crippen LogP contribution in [-0.4, -0.2) is 12.1 Å². The van der Waals surface area contributed by atoms with E-state index in [9.17, 15) is 0 Å². The van der Waals surface area contributed by atoms with Crippen molar-refractivity contribution in [3.63, 3.8) is 0 Å². The molecule has 94 valence electrons. The molecule has 1 rings (SSSR count). The second-order valence-corrected chi connectivity index (χ2v) is 5.63. The Hall–Kier alpha value is -1.08. The van der Waals surface area contributed by atoms with Crippen molar-refractivity contribution in [2.24, 2.45) is 0 Å². The first-order chi connectivity index (χ1) is 7.97. The van der Waals surface area contributed by atoms with Gasteiger partial charge in [-0.3, -0.25) is 0 Å². The molecule has 1 aromatic rings. The van der Waals surface area contributed by atoms with Crippen molar-refractivity contribution in [1.82, 2.24) is 5.32 Å². The Morgan fingerprint density at radius 3 is 2.29 bits per heavy atom. The molecular weight excluding hydrogens is 206 g/mol. The third kappa shape index (κ3) is 6.96. The summed E-state index contributed by atoms with van der Waals surface area (Å²) in [5, 5.41) is 3.48. The van der Waals surface area contributed by atoms with Crippen LogP contribution in [0.4, 0.5) is 0 Å². The van der Waals surface area contributed by atoms with Crippen LogP contribution in [0.15, 0.2) is 36.4 Å². The predicted molar refractivity (Wildman–Crippen MR) is 76.4 cm³/mol. The molecule has 0 unspecified atom stereocenters. The SMILES string of the molecule is Cc1ccc(CC=CCCNC(C)(C)C)cc1. The highest BCUT2D eigenvalue weighted by molar-refractivity contribution is 5.22. The summed E-state index contributed by atoms with van der Waals surface area (Å²) in [5.41, 5.74) is 2.94. The average Bonchev–Trinajstić information content (AvgIpc) is 2.24. The quantitative estimate of drug-likeness (QED) is 0.599. The molecule has 0 saturated heterocycles. The van der Waals surface area contributed by atoms with Gasteiger partial charge in [0.25, 0.3) is 0 Å². The topological polar surface area (TPSA) is 12.0 Å². The molecule has 17 heavy (non-hydrogen) atoms. The molecule has 0 radical (unpaired) electrons. The minimum atomic E-state index is 0.227. The Bertz CT molecular complexity index is 341. The second kappa shape index (κ2) is 6.61. The Morgan fingerprint density at radius 1 is 1.06 bits per heavy atom. The van der Waals surface area contributed by atoms with Crippen LogP contribution in [0, 0.1) is 6.92 Å². The van der Waals surface area contributed by atoms with E-state index in [2.05, 4.69) is 69.4 Å². The smallest absolute Gasteiger partial charge is 0.00966 e. The summed E-state index contributed by atoms with van der Waals surface area (Å²) in [7, 11) is 0. The number of allylic oxidation sites excluding steroid dienone is 1. The molecule has 0 aromatic heterocycles. The molecular formula is C16H25N. The molecule has 0 aliphatic heterocycles. The molecule has 0 fully saturated rings. The van der Waals surface area contributed by atoms with Gasteiger partial charge in [0.1, 0.15) is 0 Å². The maximum Gasteiger partial charge on any atom is 0.00966 e. The molecule has 0 amide bonds. The van der Waals surface area contributed by atoms with Crippen molar-refractivity contribution in [2.45, 2.75) is 46.1 Å². The standard InChI is InChI=1S/C16H25N/c1-14-9-11-15(12-10-14)8-6-5-7-13-17-16(2,3)4/h5-6,9-12,17H,7-8,13H2,1-4H3. The van der Waals surface area contributed by atoms with Crippen LogP contribution in [0.3, 0.4) is 0 Å². The van der Waals surface area contributed by atoms with Crippen molar-refractivity contribution in [1.29, 1.82) is 0 Å². The van der Waals surface area contributed by atoms with Gasteiger partial charge in [-0.15, -0.1) is 0 Å². The molecule has 1 aromatic carbocycles. The lowest BCUT2D eigenvalue weighted by molar-refractivity contribution is 0.431. The third-order valence-electron chi connectivity index (χ3n) is 2.61. The molecule has 1 heteroatoms. The second-order valence-electron chi connectivity index (χ2n) is 5.63. The number of nitrogens with one attached hydrogen (secondary N) is 1. The van der Waals surface area contributed by atoms with Crippen molar-refractivity contribution in [2.75, 3.05) is 6.54 Å². The minimum absolute atomic E-state index is 0.227. The molecule has 0 aliphatic carbocycles. The fourth-order valence-electron chi connectivity index (χ4n) is 1.59. The molecule has 1 N–H and O–H groups in total. The molecule has 0 saturated carbocycles. The lowest BCUT2D eigenvalue weighted by Crippen LogP contribution is -2.36. The van der Waals surface area contributed by atoms with Gasteiger partial charge in [-0.05, 0) is 52.6 Å². The normalized spacial score (nSPS) is 12.2. The monoisotopic (exact) mass is 231 g/mol. The highest BCUT2D eigenvalue weighted by atomic mass is 14.9. The lowest BCUT2D eigenvalue weighted by atomic mass is 10.1. The van der Waals surface area contributed by atoms with Crippen LogP contribution in [0.25, 0.3) is 0 Å². The third-order valence-corrected chi connectivity index (χ3v) is 2.61. The van der Waals surface area contributed by atoms with Gasteiger partial charge < -0.3 is 5.32 Å². The maximum absolute atomic E-state index is 3.48. The summed E-state index contributed by atoms with van der Waals surface area (Å²) < 4.78 is 0. The van der Waals surface area contributed by atoms with Crippen LogP contribution in [0.1, 0.15) is 38.3 Å². The summed E-state index contributed by atoms with van der Waals surface area (Å²) in [6.07, 6.45) is 6.66. The van der Waals surface area contributed by atoms with E-state index in [-0.39, 0.29) is 5.54 Å².